The fourth-order valence-corrected chi connectivity index (χ4v) is 2.88. The van der Waals surface area contributed by atoms with Crippen LogP contribution in [0.5, 0.6) is 0 Å². The van der Waals surface area contributed by atoms with Crippen LogP contribution in [0.3, 0.4) is 0 Å². The first-order valence-corrected chi connectivity index (χ1v) is 7.59. The second-order valence-electron chi connectivity index (χ2n) is 4.82. The van der Waals surface area contributed by atoms with Crippen molar-refractivity contribution in [2.45, 2.75) is 39.7 Å². The number of aliphatic carboxylic acids is 1. The first kappa shape index (κ1) is 15.4. The number of aryl methyl sites for hydroxylation is 2. The predicted octanol–water partition coefficient (Wildman–Crippen LogP) is 1.58. The van der Waals surface area contributed by atoms with E-state index in [-0.39, 0.29) is 12.1 Å². The van der Waals surface area contributed by atoms with Crippen LogP contribution in [-0.2, 0) is 24.2 Å². The molecule has 7 heteroatoms. The molecule has 2 rings (SSSR count). The van der Waals surface area contributed by atoms with Gasteiger partial charge in [-0.15, -0.1) is 11.3 Å². The Morgan fingerprint density at radius 1 is 1.38 bits per heavy atom. The second kappa shape index (κ2) is 6.62. The molecule has 0 fully saturated rings. The summed E-state index contributed by atoms with van der Waals surface area (Å²) in [6, 6.07) is 0. The normalized spacial score (nSPS) is 10.8. The van der Waals surface area contributed by atoms with Crippen LogP contribution in [0.4, 0.5) is 0 Å². The Bertz CT molecular complexity index is 692. The molecule has 2 aromatic rings. The van der Waals surface area contributed by atoms with Gasteiger partial charge in [0.1, 0.15) is 0 Å². The van der Waals surface area contributed by atoms with Crippen LogP contribution in [0.1, 0.15) is 29.1 Å². The SMILES string of the molecule is Cc1nc(=O)n(CCc2cscn2)c(C)c1CCC(=O)O. The molecule has 0 unspecified atom stereocenters. The molecule has 0 radical (unpaired) electrons. The van der Waals surface area contributed by atoms with Crippen molar-refractivity contribution in [3.05, 3.63) is 44.0 Å². The van der Waals surface area contributed by atoms with Gasteiger partial charge < -0.3 is 5.11 Å². The topological polar surface area (TPSA) is 85.1 Å². The molecule has 2 aromatic heterocycles. The predicted molar refractivity (Wildman–Crippen MR) is 79.7 cm³/mol. The molecule has 1 N–H and O–H groups in total. The summed E-state index contributed by atoms with van der Waals surface area (Å²) >= 11 is 1.52. The van der Waals surface area contributed by atoms with Gasteiger partial charge in [-0.2, -0.15) is 4.98 Å². The van der Waals surface area contributed by atoms with E-state index in [2.05, 4.69) is 9.97 Å². The van der Waals surface area contributed by atoms with Crippen LogP contribution in [0, 0.1) is 13.8 Å². The van der Waals surface area contributed by atoms with E-state index in [1.165, 1.54) is 11.3 Å². The molecule has 0 aliphatic carbocycles. The molecular formula is C14H17N3O3S. The van der Waals surface area contributed by atoms with E-state index in [9.17, 15) is 9.59 Å². The highest BCUT2D eigenvalue weighted by atomic mass is 32.1. The van der Waals surface area contributed by atoms with E-state index in [1.807, 2.05) is 12.3 Å². The van der Waals surface area contributed by atoms with E-state index < -0.39 is 5.97 Å². The summed E-state index contributed by atoms with van der Waals surface area (Å²) in [6.07, 6.45) is 1.08. The molecule has 0 aliphatic rings. The van der Waals surface area contributed by atoms with Gasteiger partial charge in [0.05, 0.1) is 11.2 Å². The Labute approximate surface area is 126 Å². The summed E-state index contributed by atoms with van der Waals surface area (Å²) in [5.74, 6) is -0.853. The standard InChI is InChI=1S/C14H17N3O3S/c1-9-12(3-4-13(18)19)10(2)17(14(20)16-9)6-5-11-7-21-8-15-11/h7-8H,3-6H2,1-2H3,(H,18,19). The molecule has 0 bridgehead atoms. The number of hydrogen-bond acceptors (Lipinski definition) is 5. The molecule has 0 aliphatic heterocycles. The third-order valence-electron chi connectivity index (χ3n) is 3.44. The van der Waals surface area contributed by atoms with Crippen molar-refractivity contribution in [2.24, 2.45) is 0 Å². The Morgan fingerprint density at radius 2 is 2.14 bits per heavy atom. The van der Waals surface area contributed by atoms with Crippen molar-refractivity contribution >= 4 is 17.3 Å². The largest absolute Gasteiger partial charge is 0.481 e. The lowest BCUT2D eigenvalue weighted by Gasteiger charge is -2.14. The third-order valence-corrected chi connectivity index (χ3v) is 4.07. The lowest BCUT2D eigenvalue weighted by atomic mass is 10.1. The van der Waals surface area contributed by atoms with Crippen molar-refractivity contribution in [3.63, 3.8) is 0 Å². The molecule has 0 saturated heterocycles. The first-order valence-electron chi connectivity index (χ1n) is 6.65. The number of aromatic nitrogens is 3. The monoisotopic (exact) mass is 307 g/mol. The lowest BCUT2D eigenvalue weighted by molar-refractivity contribution is -0.136. The fraction of sp³-hybridized carbons (Fsp3) is 0.429. The van der Waals surface area contributed by atoms with Crippen molar-refractivity contribution in [1.82, 2.24) is 14.5 Å². The molecule has 0 atom stereocenters. The van der Waals surface area contributed by atoms with Gasteiger partial charge in [0.2, 0.25) is 0 Å². The maximum Gasteiger partial charge on any atom is 0.347 e. The van der Waals surface area contributed by atoms with E-state index in [1.54, 1.807) is 17.0 Å². The minimum absolute atomic E-state index is 0.0354. The number of hydrogen-bond donors (Lipinski definition) is 1. The molecule has 6 nitrogen and oxygen atoms in total. The van der Waals surface area contributed by atoms with Crippen LogP contribution in [0.15, 0.2) is 15.7 Å². The molecule has 0 aromatic carbocycles. The molecule has 0 amide bonds. The number of thiazole rings is 1. The molecular weight excluding hydrogens is 290 g/mol. The summed E-state index contributed by atoms with van der Waals surface area (Å²) in [7, 11) is 0. The zero-order chi connectivity index (χ0) is 15.4. The lowest BCUT2D eigenvalue weighted by Crippen LogP contribution is -2.28. The quantitative estimate of drug-likeness (QED) is 0.875. The third kappa shape index (κ3) is 3.75. The van der Waals surface area contributed by atoms with Gasteiger partial charge >= 0.3 is 11.7 Å². The minimum Gasteiger partial charge on any atom is -0.481 e. The molecule has 2 heterocycles. The van der Waals surface area contributed by atoms with Gasteiger partial charge in [-0.1, -0.05) is 0 Å². The van der Waals surface area contributed by atoms with Crippen LogP contribution in [-0.4, -0.2) is 25.6 Å². The average molecular weight is 307 g/mol. The van der Waals surface area contributed by atoms with Gasteiger partial charge in [-0.25, -0.2) is 9.78 Å². The van der Waals surface area contributed by atoms with E-state index in [0.717, 1.165) is 17.0 Å². The number of rotatable bonds is 6. The summed E-state index contributed by atoms with van der Waals surface area (Å²) in [5.41, 5.74) is 4.66. The van der Waals surface area contributed by atoms with Gasteiger partial charge in [0.15, 0.2) is 0 Å². The Morgan fingerprint density at radius 3 is 2.76 bits per heavy atom. The van der Waals surface area contributed by atoms with Crippen LogP contribution in [0.25, 0.3) is 0 Å². The van der Waals surface area contributed by atoms with Crippen LogP contribution >= 0.6 is 11.3 Å². The Balaban J connectivity index is 2.25. The van der Waals surface area contributed by atoms with Crippen molar-refractivity contribution in [1.29, 1.82) is 0 Å². The highest BCUT2D eigenvalue weighted by molar-refractivity contribution is 7.07. The first-order chi connectivity index (χ1) is 9.99. The Hall–Kier alpha value is -2.02. The van der Waals surface area contributed by atoms with Gasteiger partial charge in [0.25, 0.3) is 0 Å². The number of carbonyl (C=O) groups is 1. The van der Waals surface area contributed by atoms with E-state index >= 15 is 0 Å². The van der Waals surface area contributed by atoms with Crippen LogP contribution in [0.2, 0.25) is 0 Å². The van der Waals surface area contributed by atoms with E-state index in [4.69, 9.17) is 5.11 Å². The summed E-state index contributed by atoms with van der Waals surface area (Å²) < 4.78 is 1.60. The highest BCUT2D eigenvalue weighted by Crippen LogP contribution is 2.13. The number of nitrogens with zero attached hydrogens (tertiary/aromatic N) is 3. The zero-order valence-electron chi connectivity index (χ0n) is 12.0. The molecule has 112 valence electrons. The Kier molecular flexibility index (Phi) is 4.85. The average Bonchev–Trinajstić information content (AvgIpc) is 2.90. The highest BCUT2D eigenvalue weighted by Gasteiger charge is 2.13. The molecule has 0 spiro atoms. The van der Waals surface area contributed by atoms with Crippen molar-refractivity contribution < 1.29 is 9.90 Å². The number of carboxylic acids is 1. The van der Waals surface area contributed by atoms with Crippen LogP contribution < -0.4 is 5.69 Å². The summed E-state index contributed by atoms with van der Waals surface area (Å²) in [4.78, 5) is 31.0. The van der Waals surface area contributed by atoms with Crippen molar-refractivity contribution in [2.75, 3.05) is 0 Å². The summed E-state index contributed by atoms with van der Waals surface area (Å²) in [6.45, 7) is 4.09. The maximum atomic E-state index is 12.0. The maximum absolute atomic E-state index is 12.0. The smallest absolute Gasteiger partial charge is 0.347 e. The molecule has 21 heavy (non-hydrogen) atoms. The number of carboxylic acid groups (broad SMARTS) is 1. The molecule has 0 saturated carbocycles. The van der Waals surface area contributed by atoms with Gasteiger partial charge in [0, 0.05) is 36.2 Å². The summed E-state index contributed by atoms with van der Waals surface area (Å²) in [5, 5.41) is 10.8. The van der Waals surface area contributed by atoms with Gasteiger partial charge in [-0.05, 0) is 25.8 Å². The van der Waals surface area contributed by atoms with Crippen molar-refractivity contribution in [3.8, 4) is 0 Å². The second-order valence-corrected chi connectivity index (χ2v) is 5.54. The van der Waals surface area contributed by atoms with E-state index in [0.29, 0.717) is 25.1 Å². The minimum atomic E-state index is -0.853. The fourth-order valence-electron chi connectivity index (χ4n) is 2.28. The zero-order valence-corrected chi connectivity index (χ0v) is 12.8. The van der Waals surface area contributed by atoms with Gasteiger partial charge in [-0.3, -0.25) is 9.36 Å².